The molecule has 4 nitrogen and oxygen atoms in total. The Bertz CT molecular complexity index is 328. The highest BCUT2D eigenvalue weighted by atomic mass is 32.2. The first-order valence-electron chi connectivity index (χ1n) is 7.06. The van der Waals surface area contributed by atoms with Crippen molar-refractivity contribution in [2.24, 2.45) is 5.92 Å². The van der Waals surface area contributed by atoms with Crippen LogP contribution in [0.5, 0.6) is 0 Å². The number of hydrogen-bond acceptors (Lipinski definition) is 4. The van der Waals surface area contributed by atoms with Gasteiger partial charge in [-0.1, -0.05) is 13.8 Å². The van der Waals surface area contributed by atoms with Crippen LogP contribution in [0.2, 0.25) is 0 Å². The second kappa shape index (κ2) is 7.46. The van der Waals surface area contributed by atoms with Crippen LogP contribution in [0.15, 0.2) is 0 Å². The molecule has 0 amide bonds. The molecule has 108 valence electrons. The van der Waals surface area contributed by atoms with E-state index in [1.165, 1.54) is 0 Å². The average Bonchev–Trinajstić information content (AvgIpc) is 2.45. The Kier molecular flexibility index (Phi) is 6.60. The molecule has 0 bridgehead atoms. The fourth-order valence-corrected chi connectivity index (χ4v) is 3.57. The van der Waals surface area contributed by atoms with E-state index in [4.69, 9.17) is 0 Å². The molecule has 1 rings (SSSR count). The van der Waals surface area contributed by atoms with E-state index in [2.05, 4.69) is 31.0 Å². The summed E-state index contributed by atoms with van der Waals surface area (Å²) >= 11 is 0. The fourth-order valence-electron chi connectivity index (χ4n) is 2.28. The van der Waals surface area contributed by atoms with Gasteiger partial charge < -0.3 is 5.32 Å². The third-order valence-electron chi connectivity index (χ3n) is 3.50. The molecule has 1 fully saturated rings. The zero-order valence-corrected chi connectivity index (χ0v) is 12.8. The lowest BCUT2D eigenvalue weighted by Crippen LogP contribution is -2.37. The van der Waals surface area contributed by atoms with Crippen LogP contribution in [0.25, 0.3) is 0 Å². The molecule has 1 unspecified atom stereocenters. The first-order valence-corrected chi connectivity index (χ1v) is 8.88. The third-order valence-corrected chi connectivity index (χ3v) is 5.22. The molecule has 18 heavy (non-hydrogen) atoms. The predicted molar refractivity (Wildman–Crippen MR) is 76.6 cm³/mol. The van der Waals surface area contributed by atoms with Crippen molar-refractivity contribution >= 4 is 9.84 Å². The highest BCUT2D eigenvalue weighted by molar-refractivity contribution is 7.91. The standard InChI is InChI=1S/C13H28N2O2S/c1-12(2)11-14-6-5-13(3)15-7-4-9-18(16,17)10-8-15/h12-14H,4-11H2,1-3H3. The SMILES string of the molecule is CC(C)CNCCC(C)N1CCCS(=O)(=O)CC1. The Morgan fingerprint density at radius 2 is 1.89 bits per heavy atom. The summed E-state index contributed by atoms with van der Waals surface area (Å²) in [6.45, 7) is 10.3. The fraction of sp³-hybridized carbons (Fsp3) is 1.00. The molecule has 1 heterocycles. The molecule has 0 spiro atoms. The average molecular weight is 276 g/mol. The molecular formula is C13H28N2O2S. The van der Waals surface area contributed by atoms with E-state index in [1.807, 2.05) is 0 Å². The number of nitrogens with one attached hydrogen (secondary N) is 1. The van der Waals surface area contributed by atoms with Crippen molar-refractivity contribution in [2.75, 3.05) is 37.7 Å². The van der Waals surface area contributed by atoms with Gasteiger partial charge in [0.15, 0.2) is 9.84 Å². The molecule has 0 aromatic heterocycles. The van der Waals surface area contributed by atoms with Gasteiger partial charge in [0.05, 0.1) is 11.5 Å². The van der Waals surface area contributed by atoms with Crippen LogP contribution in [0.3, 0.4) is 0 Å². The van der Waals surface area contributed by atoms with E-state index in [9.17, 15) is 8.42 Å². The molecule has 1 aliphatic heterocycles. The van der Waals surface area contributed by atoms with E-state index in [0.29, 0.717) is 30.0 Å². The van der Waals surface area contributed by atoms with Gasteiger partial charge in [-0.25, -0.2) is 8.42 Å². The number of rotatable bonds is 6. The largest absolute Gasteiger partial charge is 0.316 e. The van der Waals surface area contributed by atoms with E-state index in [0.717, 1.165) is 32.5 Å². The van der Waals surface area contributed by atoms with Crippen molar-refractivity contribution < 1.29 is 8.42 Å². The van der Waals surface area contributed by atoms with Crippen LogP contribution in [-0.4, -0.2) is 57.0 Å². The Morgan fingerprint density at radius 3 is 2.56 bits per heavy atom. The summed E-state index contributed by atoms with van der Waals surface area (Å²) in [7, 11) is -2.78. The molecule has 0 aliphatic carbocycles. The van der Waals surface area contributed by atoms with E-state index in [1.54, 1.807) is 0 Å². The summed E-state index contributed by atoms with van der Waals surface area (Å²) in [6.07, 6.45) is 1.87. The minimum Gasteiger partial charge on any atom is -0.316 e. The summed E-state index contributed by atoms with van der Waals surface area (Å²) < 4.78 is 23.1. The van der Waals surface area contributed by atoms with Crippen LogP contribution >= 0.6 is 0 Å². The van der Waals surface area contributed by atoms with Crippen LogP contribution in [0, 0.1) is 5.92 Å². The van der Waals surface area contributed by atoms with E-state index in [-0.39, 0.29) is 0 Å². The summed E-state index contributed by atoms with van der Waals surface area (Å²) in [4.78, 5) is 2.32. The van der Waals surface area contributed by atoms with Gasteiger partial charge in [-0.2, -0.15) is 0 Å². The van der Waals surface area contributed by atoms with Crippen LogP contribution in [0.1, 0.15) is 33.6 Å². The van der Waals surface area contributed by atoms with Gasteiger partial charge in [0.2, 0.25) is 0 Å². The minimum atomic E-state index is -2.78. The topological polar surface area (TPSA) is 49.4 Å². The van der Waals surface area contributed by atoms with Crippen molar-refractivity contribution in [1.82, 2.24) is 10.2 Å². The number of nitrogens with zero attached hydrogens (tertiary/aromatic N) is 1. The summed E-state index contributed by atoms with van der Waals surface area (Å²) in [5.41, 5.74) is 0. The van der Waals surface area contributed by atoms with Gasteiger partial charge in [0, 0.05) is 12.6 Å². The quantitative estimate of drug-likeness (QED) is 0.739. The smallest absolute Gasteiger partial charge is 0.151 e. The second-order valence-corrected chi connectivity index (χ2v) is 8.08. The van der Waals surface area contributed by atoms with Crippen molar-refractivity contribution in [1.29, 1.82) is 0 Å². The Hall–Kier alpha value is -0.130. The molecule has 1 N–H and O–H groups in total. The minimum absolute atomic E-state index is 0.330. The first-order chi connectivity index (χ1) is 8.41. The van der Waals surface area contributed by atoms with Crippen molar-refractivity contribution in [3.8, 4) is 0 Å². The Morgan fingerprint density at radius 1 is 1.17 bits per heavy atom. The highest BCUT2D eigenvalue weighted by Gasteiger charge is 2.21. The molecule has 0 saturated carbocycles. The lowest BCUT2D eigenvalue weighted by atomic mass is 10.1. The van der Waals surface area contributed by atoms with Gasteiger partial charge in [-0.3, -0.25) is 4.90 Å². The zero-order chi connectivity index (χ0) is 13.6. The summed E-state index contributed by atoms with van der Waals surface area (Å²) in [5, 5.41) is 3.44. The van der Waals surface area contributed by atoms with E-state index >= 15 is 0 Å². The van der Waals surface area contributed by atoms with Crippen molar-refractivity contribution in [2.45, 2.75) is 39.7 Å². The molecule has 0 radical (unpaired) electrons. The zero-order valence-electron chi connectivity index (χ0n) is 12.0. The maximum absolute atomic E-state index is 11.5. The molecule has 1 atom stereocenters. The predicted octanol–water partition coefficient (Wildman–Crippen LogP) is 1.13. The third kappa shape index (κ3) is 6.16. The maximum atomic E-state index is 11.5. The van der Waals surface area contributed by atoms with E-state index < -0.39 is 9.84 Å². The van der Waals surface area contributed by atoms with Gasteiger partial charge in [-0.05, 0) is 45.3 Å². The second-order valence-electron chi connectivity index (χ2n) is 5.78. The van der Waals surface area contributed by atoms with Crippen molar-refractivity contribution in [3.63, 3.8) is 0 Å². The number of sulfone groups is 1. The van der Waals surface area contributed by atoms with Gasteiger partial charge in [0.25, 0.3) is 0 Å². The van der Waals surface area contributed by atoms with Crippen molar-refractivity contribution in [3.05, 3.63) is 0 Å². The van der Waals surface area contributed by atoms with Crippen LogP contribution in [0.4, 0.5) is 0 Å². The van der Waals surface area contributed by atoms with Gasteiger partial charge in [-0.15, -0.1) is 0 Å². The lowest BCUT2D eigenvalue weighted by molar-refractivity contribution is 0.213. The normalized spacial score (nSPS) is 22.9. The van der Waals surface area contributed by atoms with Gasteiger partial charge in [0.1, 0.15) is 0 Å². The molecule has 0 aromatic carbocycles. The molecule has 0 aromatic rings. The molecule has 5 heteroatoms. The highest BCUT2D eigenvalue weighted by Crippen LogP contribution is 2.10. The van der Waals surface area contributed by atoms with Crippen LogP contribution < -0.4 is 5.32 Å². The Balaban J connectivity index is 2.27. The summed E-state index contributed by atoms with van der Waals surface area (Å²) in [5.74, 6) is 1.38. The first kappa shape index (κ1) is 15.9. The van der Waals surface area contributed by atoms with Gasteiger partial charge >= 0.3 is 0 Å². The molecule has 1 aliphatic rings. The molecule has 1 saturated heterocycles. The Labute approximate surface area is 112 Å². The number of hydrogen-bond donors (Lipinski definition) is 1. The summed E-state index contributed by atoms with van der Waals surface area (Å²) in [6, 6.07) is 0.470. The maximum Gasteiger partial charge on any atom is 0.151 e. The molecular weight excluding hydrogens is 248 g/mol. The monoisotopic (exact) mass is 276 g/mol. The lowest BCUT2D eigenvalue weighted by Gasteiger charge is -2.27. The van der Waals surface area contributed by atoms with Crippen LogP contribution in [-0.2, 0) is 9.84 Å².